The van der Waals surface area contributed by atoms with Crippen molar-refractivity contribution >= 4 is 18.2 Å². The molecule has 0 aliphatic rings. The van der Waals surface area contributed by atoms with Crippen molar-refractivity contribution in [2.24, 2.45) is 0 Å². The van der Waals surface area contributed by atoms with Crippen LogP contribution in [0.5, 0.6) is 0 Å². The third kappa shape index (κ3) is 4.41. The van der Waals surface area contributed by atoms with E-state index in [4.69, 9.17) is 4.74 Å². The van der Waals surface area contributed by atoms with Crippen LogP contribution >= 0.6 is 0 Å². The first kappa shape index (κ1) is 15.7. The summed E-state index contributed by atoms with van der Waals surface area (Å²) in [6, 6.07) is 10.8. The van der Waals surface area contributed by atoms with Crippen molar-refractivity contribution in [3.63, 3.8) is 0 Å². The molecule has 1 amide bonds. The second-order valence-corrected chi connectivity index (χ2v) is 4.78. The van der Waals surface area contributed by atoms with Gasteiger partial charge in [-0.25, -0.2) is 9.78 Å². The van der Waals surface area contributed by atoms with Gasteiger partial charge in [0.15, 0.2) is 0 Å². The number of rotatable bonds is 6. The summed E-state index contributed by atoms with van der Waals surface area (Å²) in [5.41, 5.74) is 2.46. The van der Waals surface area contributed by atoms with Crippen molar-refractivity contribution in [1.82, 2.24) is 4.98 Å². The lowest BCUT2D eigenvalue weighted by atomic mass is 10.1. The van der Waals surface area contributed by atoms with Crippen LogP contribution < -0.4 is 5.32 Å². The van der Waals surface area contributed by atoms with Crippen molar-refractivity contribution in [2.75, 3.05) is 11.9 Å². The molecule has 5 nitrogen and oxygen atoms in total. The van der Waals surface area contributed by atoms with E-state index in [9.17, 15) is 9.59 Å². The molecule has 5 heteroatoms. The average molecular weight is 298 g/mol. The first-order valence-electron chi connectivity index (χ1n) is 7.18. The maximum Gasteiger partial charge on any atom is 0.412 e. The molecule has 114 valence electrons. The van der Waals surface area contributed by atoms with Crippen LogP contribution in [0.1, 0.15) is 30.1 Å². The maximum absolute atomic E-state index is 11.6. The standard InChI is InChI=1S/C17H18N2O3/c1-2-3-10-22-17(21)19-16-11-15(8-9-18-16)14-6-4-13(12-20)5-7-14/h4-9,11-12H,2-3,10H2,1H3,(H,18,19,21). The van der Waals surface area contributed by atoms with Crippen LogP contribution in [0.4, 0.5) is 10.6 Å². The molecule has 2 aromatic rings. The largest absolute Gasteiger partial charge is 0.449 e. The van der Waals surface area contributed by atoms with E-state index in [1.54, 1.807) is 24.4 Å². The zero-order valence-electron chi connectivity index (χ0n) is 12.4. The zero-order chi connectivity index (χ0) is 15.8. The Hall–Kier alpha value is -2.69. The van der Waals surface area contributed by atoms with Crippen molar-refractivity contribution in [3.05, 3.63) is 48.2 Å². The molecule has 0 aliphatic heterocycles. The summed E-state index contributed by atoms with van der Waals surface area (Å²) in [6.07, 6.45) is 3.72. The molecule has 0 fully saturated rings. The first-order valence-corrected chi connectivity index (χ1v) is 7.18. The molecular formula is C17H18N2O3. The summed E-state index contributed by atoms with van der Waals surface area (Å²) >= 11 is 0. The van der Waals surface area contributed by atoms with E-state index in [0.717, 1.165) is 30.3 Å². The van der Waals surface area contributed by atoms with E-state index < -0.39 is 6.09 Å². The Kier molecular flexibility index (Phi) is 5.65. The minimum atomic E-state index is -0.505. The molecule has 0 aliphatic carbocycles. The highest BCUT2D eigenvalue weighted by molar-refractivity contribution is 5.84. The van der Waals surface area contributed by atoms with Gasteiger partial charge in [0.05, 0.1) is 6.61 Å². The summed E-state index contributed by atoms with van der Waals surface area (Å²) in [5, 5.41) is 2.61. The Morgan fingerprint density at radius 1 is 1.23 bits per heavy atom. The number of hydrogen-bond donors (Lipinski definition) is 1. The van der Waals surface area contributed by atoms with E-state index in [0.29, 0.717) is 18.0 Å². The molecule has 0 spiro atoms. The van der Waals surface area contributed by atoms with Crippen molar-refractivity contribution in [1.29, 1.82) is 0 Å². The van der Waals surface area contributed by atoms with Gasteiger partial charge in [0.2, 0.25) is 0 Å². The number of unbranched alkanes of at least 4 members (excludes halogenated alkanes) is 1. The second-order valence-electron chi connectivity index (χ2n) is 4.78. The molecule has 0 bridgehead atoms. The zero-order valence-corrected chi connectivity index (χ0v) is 12.4. The van der Waals surface area contributed by atoms with E-state index in [1.807, 2.05) is 25.1 Å². The number of nitrogens with one attached hydrogen (secondary N) is 1. The smallest absolute Gasteiger partial charge is 0.412 e. The third-order valence-corrected chi connectivity index (χ3v) is 3.10. The summed E-state index contributed by atoms with van der Waals surface area (Å²) in [5.74, 6) is 0.429. The van der Waals surface area contributed by atoms with E-state index in [2.05, 4.69) is 10.3 Å². The van der Waals surface area contributed by atoms with E-state index in [-0.39, 0.29) is 0 Å². The van der Waals surface area contributed by atoms with Crippen LogP contribution in [0.3, 0.4) is 0 Å². The van der Waals surface area contributed by atoms with E-state index in [1.165, 1.54) is 0 Å². The molecule has 0 unspecified atom stereocenters. The highest BCUT2D eigenvalue weighted by atomic mass is 16.5. The summed E-state index contributed by atoms with van der Waals surface area (Å²) in [4.78, 5) is 26.4. The van der Waals surface area contributed by atoms with Crippen molar-refractivity contribution in [3.8, 4) is 11.1 Å². The number of anilines is 1. The lowest BCUT2D eigenvalue weighted by Crippen LogP contribution is -2.15. The number of carbonyl (C=O) groups excluding carboxylic acids is 2. The summed E-state index contributed by atoms with van der Waals surface area (Å²) in [6.45, 7) is 2.43. The molecule has 2 rings (SSSR count). The number of amides is 1. The van der Waals surface area contributed by atoms with Crippen LogP contribution in [0.25, 0.3) is 11.1 Å². The van der Waals surface area contributed by atoms with Crippen LogP contribution in [0.2, 0.25) is 0 Å². The monoisotopic (exact) mass is 298 g/mol. The van der Waals surface area contributed by atoms with Crippen LogP contribution in [-0.4, -0.2) is 24.0 Å². The molecule has 22 heavy (non-hydrogen) atoms. The van der Waals surface area contributed by atoms with Gasteiger partial charge in [0.1, 0.15) is 12.1 Å². The van der Waals surface area contributed by atoms with Gasteiger partial charge in [0, 0.05) is 11.8 Å². The Labute approximate surface area is 129 Å². The van der Waals surface area contributed by atoms with Gasteiger partial charge in [-0.2, -0.15) is 0 Å². The molecule has 1 heterocycles. The Morgan fingerprint density at radius 2 is 2.00 bits per heavy atom. The lowest BCUT2D eigenvalue weighted by Gasteiger charge is -2.07. The van der Waals surface area contributed by atoms with Gasteiger partial charge in [0.25, 0.3) is 0 Å². The molecule has 0 radical (unpaired) electrons. The molecule has 0 saturated heterocycles. The Morgan fingerprint density at radius 3 is 2.68 bits per heavy atom. The van der Waals surface area contributed by atoms with Gasteiger partial charge in [-0.15, -0.1) is 0 Å². The van der Waals surface area contributed by atoms with Crippen molar-refractivity contribution in [2.45, 2.75) is 19.8 Å². The number of hydrogen-bond acceptors (Lipinski definition) is 4. The normalized spacial score (nSPS) is 10.0. The van der Waals surface area contributed by atoms with Crippen molar-refractivity contribution < 1.29 is 14.3 Å². The van der Waals surface area contributed by atoms with Gasteiger partial charge < -0.3 is 4.74 Å². The topological polar surface area (TPSA) is 68.3 Å². The average Bonchev–Trinajstić information content (AvgIpc) is 2.55. The molecular weight excluding hydrogens is 280 g/mol. The fraction of sp³-hybridized carbons (Fsp3) is 0.235. The van der Waals surface area contributed by atoms with Crippen LogP contribution in [0, 0.1) is 0 Å². The SMILES string of the molecule is CCCCOC(=O)Nc1cc(-c2ccc(C=O)cc2)ccn1. The first-order chi connectivity index (χ1) is 10.7. The maximum atomic E-state index is 11.6. The molecule has 0 atom stereocenters. The summed E-state index contributed by atoms with van der Waals surface area (Å²) < 4.78 is 5.03. The van der Waals surface area contributed by atoms with Gasteiger partial charge >= 0.3 is 6.09 Å². The number of nitrogens with zero attached hydrogens (tertiary/aromatic N) is 1. The molecule has 1 N–H and O–H groups in total. The quantitative estimate of drug-likeness (QED) is 0.648. The van der Waals surface area contributed by atoms with Crippen LogP contribution in [0.15, 0.2) is 42.6 Å². The minimum absolute atomic E-state index is 0.398. The minimum Gasteiger partial charge on any atom is -0.449 e. The van der Waals surface area contributed by atoms with Gasteiger partial charge in [-0.05, 0) is 29.7 Å². The second kappa shape index (κ2) is 7.93. The predicted molar refractivity (Wildman–Crippen MR) is 84.9 cm³/mol. The number of carbonyl (C=O) groups is 2. The fourth-order valence-electron chi connectivity index (χ4n) is 1.88. The van der Waals surface area contributed by atoms with E-state index >= 15 is 0 Å². The number of benzene rings is 1. The third-order valence-electron chi connectivity index (χ3n) is 3.10. The fourth-order valence-corrected chi connectivity index (χ4v) is 1.88. The number of pyridine rings is 1. The number of aldehydes is 1. The molecule has 1 aromatic carbocycles. The predicted octanol–water partition coefficient (Wildman–Crippen LogP) is 3.91. The lowest BCUT2D eigenvalue weighted by molar-refractivity contribution is 0.112. The summed E-state index contributed by atoms with van der Waals surface area (Å²) in [7, 11) is 0. The molecule has 1 aromatic heterocycles. The van der Waals surface area contributed by atoms with Gasteiger partial charge in [-0.1, -0.05) is 37.6 Å². The highest BCUT2D eigenvalue weighted by Gasteiger charge is 2.05. The highest BCUT2D eigenvalue weighted by Crippen LogP contribution is 2.21. The number of aromatic nitrogens is 1. The number of ether oxygens (including phenoxy) is 1. The Bertz CT molecular complexity index is 639. The van der Waals surface area contributed by atoms with Crippen LogP contribution in [-0.2, 0) is 4.74 Å². The Balaban J connectivity index is 2.05. The van der Waals surface area contributed by atoms with Gasteiger partial charge in [-0.3, -0.25) is 10.1 Å². The molecule has 0 saturated carbocycles.